The summed E-state index contributed by atoms with van der Waals surface area (Å²) in [5.74, 6) is 0.866. The third kappa shape index (κ3) is 6.14. The molecule has 1 unspecified atom stereocenters. The minimum Gasteiger partial charge on any atom is -0.497 e. The number of nitrogens with zero attached hydrogens (tertiary/aromatic N) is 4. The Morgan fingerprint density at radius 2 is 1.49 bits per heavy atom. The number of hydrogen-bond acceptors (Lipinski definition) is 8. The monoisotopic (exact) mass is 715 g/mol. The molecule has 0 spiro atoms. The van der Waals surface area contributed by atoms with Crippen LogP contribution >= 0.6 is 0 Å². The lowest BCUT2D eigenvalue weighted by Gasteiger charge is -2.37. The Kier molecular flexibility index (Phi) is 9.46. The van der Waals surface area contributed by atoms with E-state index >= 15 is 4.39 Å². The number of Topliss-reactive ketones (excluding diaryl/α,β-unsaturated/α-hetero) is 1. The maximum atomic E-state index is 16.4. The van der Waals surface area contributed by atoms with Gasteiger partial charge in [0.2, 0.25) is 6.23 Å². The number of ketones is 1. The van der Waals surface area contributed by atoms with Gasteiger partial charge in [-0.2, -0.15) is 0 Å². The molecule has 11 heteroatoms. The zero-order valence-corrected chi connectivity index (χ0v) is 29.4. The zero-order valence-electron chi connectivity index (χ0n) is 29.4. The van der Waals surface area contributed by atoms with Crippen molar-refractivity contribution in [2.24, 2.45) is 0 Å². The summed E-state index contributed by atoms with van der Waals surface area (Å²) in [7, 11) is 3.22. The Morgan fingerprint density at radius 3 is 2.11 bits per heavy atom. The van der Waals surface area contributed by atoms with Crippen LogP contribution in [0.2, 0.25) is 0 Å². The molecule has 0 aliphatic carbocycles. The standard InChI is InChI=1S/C42H40FN4O6/c1-50-31-19-15-29(16-20-31)42(28-12-7-4-8-13-28,30-17-21-32(51-2)22-18-30)52-24-34-39(49)35(43)41(53-34)47-26-46-23-9-14-33(36-37(46)40(47)45-25-44-36)38(48)27-10-5-3-6-11-27/h3-8,10-13,15-22,25-26,33-35,39,41,49H,9,14,23-24H2,1-2H3/q+1/t33?,34-,35-,39-,41-/m1/s1. The molecule has 4 heterocycles. The third-order valence-electron chi connectivity index (χ3n) is 10.4. The molecule has 53 heavy (non-hydrogen) atoms. The summed E-state index contributed by atoms with van der Waals surface area (Å²) < 4.78 is 44.2. The van der Waals surface area contributed by atoms with Gasteiger partial charge < -0.3 is 24.1 Å². The molecule has 5 atom stereocenters. The molecule has 10 nitrogen and oxygen atoms in total. The molecule has 2 aliphatic heterocycles. The van der Waals surface area contributed by atoms with Gasteiger partial charge in [-0.1, -0.05) is 89.9 Å². The van der Waals surface area contributed by atoms with E-state index < -0.39 is 36.1 Å². The number of imidazole rings is 1. The highest BCUT2D eigenvalue weighted by Gasteiger charge is 2.50. The number of alkyl halides is 1. The van der Waals surface area contributed by atoms with Crippen LogP contribution < -0.4 is 14.0 Å². The van der Waals surface area contributed by atoms with E-state index in [2.05, 4.69) is 9.97 Å². The molecule has 4 aromatic carbocycles. The van der Waals surface area contributed by atoms with Crippen LogP contribution in [0.3, 0.4) is 0 Å². The first-order valence-electron chi connectivity index (χ1n) is 17.7. The van der Waals surface area contributed by atoms with Crippen molar-refractivity contribution in [3.8, 4) is 11.5 Å². The van der Waals surface area contributed by atoms with Gasteiger partial charge in [-0.05, 0) is 53.8 Å². The number of benzene rings is 4. The van der Waals surface area contributed by atoms with Gasteiger partial charge in [0.15, 0.2) is 30.1 Å². The molecular formula is C42H40FN4O6+. The molecule has 0 saturated carbocycles. The molecule has 6 aromatic rings. The van der Waals surface area contributed by atoms with Gasteiger partial charge >= 0.3 is 5.65 Å². The second-order valence-electron chi connectivity index (χ2n) is 13.4. The van der Waals surface area contributed by atoms with Crippen molar-refractivity contribution in [2.45, 2.75) is 55.5 Å². The second-order valence-corrected chi connectivity index (χ2v) is 13.4. The van der Waals surface area contributed by atoms with Crippen molar-refractivity contribution in [1.82, 2.24) is 14.5 Å². The van der Waals surface area contributed by atoms with Crippen LogP contribution in [0, 0.1) is 0 Å². The summed E-state index contributed by atoms with van der Waals surface area (Å²) in [4.78, 5) is 22.9. The van der Waals surface area contributed by atoms with Crippen molar-refractivity contribution < 1.29 is 37.8 Å². The number of aliphatic hydroxyl groups is 1. The highest BCUT2D eigenvalue weighted by Crippen LogP contribution is 2.43. The van der Waals surface area contributed by atoms with Gasteiger partial charge in [-0.3, -0.25) is 9.36 Å². The van der Waals surface area contributed by atoms with E-state index in [0.717, 1.165) is 16.7 Å². The summed E-state index contributed by atoms with van der Waals surface area (Å²) >= 11 is 0. The summed E-state index contributed by atoms with van der Waals surface area (Å²) in [5, 5.41) is 11.4. The predicted octanol–water partition coefficient (Wildman–Crippen LogP) is 6.10. The van der Waals surface area contributed by atoms with E-state index in [0.29, 0.717) is 53.3 Å². The smallest absolute Gasteiger partial charge is 0.307 e. The molecule has 0 amide bonds. The van der Waals surface area contributed by atoms with E-state index in [9.17, 15) is 9.90 Å². The molecule has 0 radical (unpaired) electrons. The molecule has 2 aliphatic rings. The van der Waals surface area contributed by atoms with Gasteiger partial charge in [-0.25, -0.2) is 13.9 Å². The summed E-state index contributed by atoms with van der Waals surface area (Å²) in [5.41, 5.74) is 3.53. The van der Waals surface area contributed by atoms with Crippen LogP contribution in [-0.4, -0.2) is 64.6 Å². The average Bonchev–Trinajstić information content (AvgIpc) is 3.65. The molecule has 2 aromatic heterocycles. The lowest BCUT2D eigenvalue weighted by molar-refractivity contribution is -0.744. The van der Waals surface area contributed by atoms with Gasteiger partial charge in [0, 0.05) is 5.56 Å². The van der Waals surface area contributed by atoms with E-state index in [4.69, 9.17) is 18.9 Å². The van der Waals surface area contributed by atoms with Crippen molar-refractivity contribution in [3.05, 3.63) is 150 Å². The van der Waals surface area contributed by atoms with Crippen LogP contribution in [0.25, 0.3) is 11.2 Å². The van der Waals surface area contributed by atoms with Crippen molar-refractivity contribution in [2.75, 3.05) is 20.8 Å². The summed E-state index contributed by atoms with van der Waals surface area (Å²) in [6, 6.07) is 34.1. The quantitative estimate of drug-likeness (QED) is 0.0975. The number of rotatable bonds is 11. The second kappa shape index (κ2) is 14.5. The van der Waals surface area contributed by atoms with Gasteiger partial charge in [0.05, 0.1) is 33.3 Å². The van der Waals surface area contributed by atoms with Gasteiger partial charge in [0.1, 0.15) is 35.0 Å². The molecule has 0 bridgehead atoms. The number of methoxy groups -OCH3 is 2. The molecular weight excluding hydrogens is 675 g/mol. The Morgan fingerprint density at radius 1 is 0.887 bits per heavy atom. The maximum absolute atomic E-state index is 16.4. The number of aromatic nitrogens is 4. The number of aryl methyl sites for hydroxylation is 1. The van der Waals surface area contributed by atoms with Gasteiger partial charge in [-0.15, -0.1) is 0 Å². The summed E-state index contributed by atoms with van der Waals surface area (Å²) in [6.45, 7) is 0.433. The molecule has 1 fully saturated rings. The van der Waals surface area contributed by atoms with E-state index in [1.165, 1.54) is 6.33 Å². The Bertz CT molecular complexity index is 2150. The van der Waals surface area contributed by atoms with Gasteiger partial charge in [0.25, 0.3) is 0 Å². The lowest BCUT2D eigenvalue weighted by atomic mass is 9.80. The first-order valence-corrected chi connectivity index (χ1v) is 17.7. The minimum absolute atomic E-state index is 0.0180. The van der Waals surface area contributed by atoms with Crippen LogP contribution in [-0.2, 0) is 21.6 Å². The topological polar surface area (TPSA) is 109 Å². The number of carbonyl (C=O) groups excluding carboxylic acids is 1. The Balaban J connectivity index is 1.14. The van der Waals surface area contributed by atoms with Crippen molar-refractivity contribution in [1.29, 1.82) is 0 Å². The highest BCUT2D eigenvalue weighted by molar-refractivity contribution is 6.02. The van der Waals surface area contributed by atoms with Crippen LogP contribution in [0.1, 0.15) is 57.7 Å². The normalized spacial score (nSPS) is 21.3. The zero-order chi connectivity index (χ0) is 36.5. The third-order valence-corrected chi connectivity index (χ3v) is 10.4. The maximum Gasteiger partial charge on any atom is 0.307 e. The largest absolute Gasteiger partial charge is 0.497 e. The first kappa shape index (κ1) is 34.6. The predicted molar refractivity (Wildman–Crippen MR) is 194 cm³/mol. The van der Waals surface area contributed by atoms with Crippen molar-refractivity contribution >= 4 is 16.9 Å². The summed E-state index contributed by atoms with van der Waals surface area (Å²) in [6.07, 6.45) is -1.05. The number of hydrogen-bond donors (Lipinski definition) is 1. The fourth-order valence-electron chi connectivity index (χ4n) is 7.73. The first-order chi connectivity index (χ1) is 25.9. The van der Waals surface area contributed by atoms with Crippen LogP contribution in [0.15, 0.2) is 122 Å². The fraction of sp³-hybridized carbons (Fsp3) is 0.286. The molecule has 270 valence electrons. The molecule has 8 rings (SSSR count). The number of carbonyl (C=O) groups is 1. The van der Waals surface area contributed by atoms with E-state index in [-0.39, 0.29) is 12.4 Å². The number of ether oxygens (including phenoxy) is 4. The van der Waals surface area contributed by atoms with E-state index in [1.807, 2.05) is 114 Å². The fourth-order valence-corrected chi connectivity index (χ4v) is 7.73. The Labute approximate surface area is 306 Å². The molecule has 1 N–H and O–H groups in total. The number of aliphatic hydroxyl groups excluding tert-OH is 1. The number of halogens is 1. The minimum atomic E-state index is -1.80. The van der Waals surface area contributed by atoms with Crippen LogP contribution in [0.4, 0.5) is 4.39 Å². The average molecular weight is 716 g/mol. The lowest BCUT2D eigenvalue weighted by Crippen LogP contribution is -2.44. The van der Waals surface area contributed by atoms with E-state index in [1.54, 1.807) is 25.1 Å². The van der Waals surface area contributed by atoms with Crippen molar-refractivity contribution in [3.63, 3.8) is 0 Å². The highest BCUT2D eigenvalue weighted by atomic mass is 19.1. The SMILES string of the molecule is COc1ccc(C(OC[C@H]2O[C@@H]([n+]3cn4c5c(ncnc53)C(C(=O)c3ccccc3)CCC4)[C@H](F)[C@@H]2O)(c2ccccc2)c2ccc(OC)cc2)cc1. The Hall–Kier alpha value is -5.49. The van der Waals surface area contributed by atoms with Crippen LogP contribution in [0.5, 0.6) is 11.5 Å². The molecule has 1 saturated heterocycles.